The summed E-state index contributed by atoms with van der Waals surface area (Å²) in [5, 5.41) is 2.90. The molecule has 1 N–H and O–H groups in total. The third-order valence-electron chi connectivity index (χ3n) is 3.18. The molecule has 1 aromatic rings. The zero-order valence-corrected chi connectivity index (χ0v) is 11.5. The quantitative estimate of drug-likeness (QED) is 0.830. The number of fused-ring (bicyclic) bond motifs is 1. The van der Waals surface area contributed by atoms with Crippen LogP contribution in [0.1, 0.15) is 33.1 Å². The van der Waals surface area contributed by atoms with E-state index in [1.165, 1.54) is 0 Å². The predicted molar refractivity (Wildman–Crippen MR) is 73.5 cm³/mol. The summed E-state index contributed by atoms with van der Waals surface area (Å²) in [4.78, 5) is 12.1. The van der Waals surface area contributed by atoms with Crippen LogP contribution in [0, 0.1) is 0 Å². The van der Waals surface area contributed by atoms with Crippen LogP contribution in [0.4, 0.5) is 0 Å². The van der Waals surface area contributed by atoms with Crippen LogP contribution in [0.5, 0.6) is 11.5 Å². The lowest BCUT2D eigenvalue weighted by Crippen LogP contribution is -2.49. The van der Waals surface area contributed by atoms with Gasteiger partial charge in [-0.3, -0.25) is 4.79 Å². The molecule has 19 heavy (non-hydrogen) atoms. The zero-order valence-electron chi connectivity index (χ0n) is 11.5. The van der Waals surface area contributed by atoms with Crippen molar-refractivity contribution in [3.8, 4) is 11.5 Å². The van der Waals surface area contributed by atoms with Crippen LogP contribution in [0.3, 0.4) is 0 Å². The molecule has 104 valence electrons. The van der Waals surface area contributed by atoms with E-state index in [1.54, 1.807) is 0 Å². The Hall–Kier alpha value is -1.71. The molecule has 1 aromatic carbocycles. The van der Waals surface area contributed by atoms with Gasteiger partial charge in [-0.1, -0.05) is 31.9 Å². The Balaban J connectivity index is 1.92. The highest BCUT2D eigenvalue weighted by molar-refractivity contribution is 5.82. The molecule has 4 heteroatoms. The van der Waals surface area contributed by atoms with Crippen molar-refractivity contribution < 1.29 is 14.3 Å². The first-order valence-corrected chi connectivity index (χ1v) is 6.92. The molecule has 1 aliphatic heterocycles. The minimum Gasteiger partial charge on any atom is -0.482 e. The molecule has 2 atom stereocenters. The standard InChI is InChI=1S/C15H21NO3/c1-3-4-7-10-16-15(17)14-11(2)18-12-8-5-6-9-13(12)19-14/h5-6,8-9,11,14H,3-4,7,10H2,1-2H3,(H,16,17). The van der Waals surface area contributed by atoms with Gasteiger partial charge in [0.05, 0.1) is 0 Å². The number of hydrogen-bond donors (Lipinski definition) is 1. The van der Waals surface area contributed by atoms with Crippen molar-refractivity contribution in [1.29, 1.82) is 0 Å². The maximum absolute atomic E-state index is 12.1. The van der Waals surface area contributed by atoms with Crippen LogP contribution in [0.25, 0.3) is 0 Å². The Morgan fingerprint density at radius 3 is 2.58 bits per heavy atom. The first kappa shape index (κ1) is 13.7. The van der Waals surface area contributed by atoms with Crippen LogP contribution in [-0.4, -0.2) is 24.7 Å². The highest BCUT2D eigenvalue weighted by Crippen LogP contribution is 2.33. The van der Waals surface area contributed by atoms with Gasteiger partial charge in [0.25, 0.3) is 5.91 Å². The van der Waals surface area contributed by atoms with E-state index in [2.05, 4.69) is 12.2 Å². The summed E-state index contributed by atoms with van der Waals surface area (Å²) < 4.78 is 11.4. The van der Waals surface area contributed by atoms with Crippen molar-refractivity contribution in [2.75, 3.05) is 6.54 Å². The van der Waals surface area contributed by atoms with Crippen molar-refractivity contribution in [2.24, 2.45) is 0 Å². The number of ether oxygens (including phenoxy) is 2. The second kappa shape index (κ2) is 6.45. The molecule has 0 saturated carbocycles. The second-order valence-corrected chi connectivity index (χ2v) is 4.81. The maximum Gasteiger partial charge on any atom is 0.265 e. The van der Waals surface area contributed by atoms with E-state index in [0.29, 0.717) is 18.0 Å². The molecule has 0 aromatic heterocycles. The summed E-state index contributed by atoms with van der Waals surface area (Å²) >= 11 is 0. The summed E-state index contributed by atoms with van der Waals surface area (Å²) in [7, 11) is 0. The average Bonchev–Trinajstić information content (AvgIpc) is 2.42. The SMILES string of the molecule is CCCCCNC(=O)C1Oc2ccccc2OC1C. The zero-order chi connectivity index (χ0) is 13.7. The van der Waals surface area contributed by atoms with E-state index in [4.69, 9.17) is 9.47 Å². The number of carbonyl (C=O) groups is 1. The minimum atomic E-state index is -0.573. The summed E-state index contributed by atoms with van der Waals surface area (Å²) in [5.41, 5.74) is 0. The van der Waals surface area contributed by atoms with Crippen LogP contribution < -0.4 is 14.8 Å². The van der Waals surface area contributed by atoms with Gasteiger partial charge in [-0.15, -0.1) is 0 Å². The largest absolute Gasteiger partial charge is 0.482 e. The number of amides is 1. The van der Waals surface area contributed by atoms with Crippen molar-refractivity contribution in [3.63, 3.8) is 0 Å². The molecule has 0 fully saturated rings. The Bertz CT molecular complexity index is 433. The number of benzene rings is 1. The van der Waals surface area contributed by atoms with Gasteiger partial charge in [-0.25, -0.2) is 0 Å². The number of unbranched alkanes of at least 4 members (excludes halogenated alkanes) is 2. The fourth-order valence-electron chi connectivity index (χ4n) is 2.09. The maximum atomic E-state index is 12.1. The monoisotopic (exact) mass is 263 g/mol. The lowest BCUT2D eigenvalue weighted by molar-refractivity contribution is -0.133. The van der Waals surface area contributed by atoms with Crippen molar-refractivity contribution in [3.05, 3.63) is 24.3 Å². The van der Waals surface area contributed by atoms with Crippen molar-refractivity contribution in [2.45, 2.75) is 45.3 Å². The van der Waals surface area contributed by atoms with Gasteiger partial charge in [0, 0.05) is 6.54 Å². The molecule has 0 aliphatic carbocycles. The molecule has 2 rings (SSSR count). The van der Waals surface area contributed by atoms with Gasteiger partial charge in [0.15, 0.2) is 11.5 Å². The van der Waals surface area contributed by atoms with Gasteiger partial charge in [0.2, 0.25) is 6.10 Å². The fourth-order valence-corrected chi connectivity index (χ4v) is 2.09. The molecule has 1 aliphatic rings. The third-order valence-corrected chi connectivity index (χ3v) is 3.18. The van der Waals surface area contributed by atoms with Crippen LogP contribution in [0.2, 0.25) is 0 Å². The molecular formula is C15H21NO3. The Morgan fingerprint density at radius 2 is 1.89 bits per heavy atom. The highest BCUT2D eigenvalue weighted by atomic mass is 16.6. The molecule has 0 bridgehead atoms. The first-order valence-electron chi connectivity index (χ1n) is 6.92. The highest BCUT2D eigenvalue weighted by Gasteiger charge is 2.33. The molecule has 1 heterocycles. The lowest BCUT2D eigenvalue weighted by Gasteiger charge is -2.31. The molecule has 1 amide bonds. The summed E-state index contributed by atoms with van der Waals surface area (Å²) in [5.74, 6) is 1.23. The molecule has 0 radical (unpaired) electrons. The first-order chi connectivity index (χ1) is 9.22. The van der Waals surface area contributed by atoms with Crippen molar-refractivity contribution in [1.82, 2.24) is 5.32 Å². The fraction of sp³-hybridized carbons (Fsp3) is 0.533. The topological polar surface area (TPSA) is 47.6 Å². The Kier molecular flexibility index (Phi) is 4.66. The lowest BCUT2D eigenvalue weighted by atomic mass is 10.1. The predicted octanol–water partition coefficient (Wildman–Crippen LogP) is 2.52. The van der Waals surface area contributed by atoms with E-state index >= 15 is 0 Å². The summed E-state index contributed by atoms with van der Waals surface area (Å²) in [6.07, 6.45) is 2.42. The molecule has 0 spiro atoms. The van der Waals surface area contributed by atoms with E-state index in [1.807, 2.05) is 31.2 Å². The summed E-state index contributed by atoms with van der Waals surface area (Å²) in [6.45, 7) is 4.69. The van der Waals surface area contributed by atoms with E-state index in [0.717, 1.165) is 19.3 Å². The Morgan fingerprint density at radius 1 is 1.21 bits per heavy atom. The van der Waals surface area contributed by atoms with Gasteiger partial charge < -0.3 is 14.8 Å². The van der Waals surface area contributed by atoms with E-state index < -0.39 is 6.10 Å². The third kappa shape index (κ3) is 3.40. The number of hydrogen-bond acceptors (Lipinski definition) is 3. The van der Waals surface area contributed by atoms with Gasteiger partial charge in [-0.05, 0) is 25.5 Å². The summed E-state index contributed by atoms with van der Waals surface area (Å²) in [6, 6.07) is 7.42. The molecule has 4 nitrogen and oxygen atoms in total. The van der Waals surface area contributed by atoms with Crippen LogP contribution in [-0.2, 0) is 4.79 Å². The number of rotatable bonds is 5. The average molecular weight is 263 g/mol. The number of para-hydroxylation sites is 2. The van der Waals surface area contributed by atoms with Gasteiger partial charge in [0.1, 0.15) is 6.10 Å². The van der Waals surface area contributed by atoms with Crippen LogP contribution in [0.15, 0.2) is 24.3 Å². The Labute approximate surface area is 114 Å². The van der Waals surface area contributed by atoms with Crippen LogP contribution >= 0.6 is 0 Å². The van der Waals surface area contributed by atoms with E-state index in [9.17, 15) is 4.79 Å². The number of carbonyl (C=O) groups excluding carboxylic acids is 1. The second-order valence-electron chi connectivity index (χ2n) is 4.81. The van der Waals surface area contributed by atoms with Gasteiger partial charge >= 0.3 is 0 Å². The normalized spacial score (nSPS) is 20.9. The molecule has 2 unspecified atom stereocenters. The van der Waals surface area contributed by atoms with Crippen molar-refractivity contribution >= 4 is 5.91 Å². The number of nitrogens with one attached hydrogen (secondary N) is 1. The molecule has 0 saturated heterocycles. The minimum absolute atomic E-state index is 0.0990. The molecular weight excluding hydrogens is 242 g/mol. The van der Waals surface area contributed by atoms with E-state index in [-0.39, 0.29) is 12.0 Å². The smallest absolute Gasteiger partial charge is 0.265 e. The van der Waals surface area contributed by atoms with Gasteiger partial charge in [-0.2, -0.15) is 0 Å².